The van der Waals surface area contributed by atoms with Gasteiger partial charge in [0.1, 0.15) is 0 Å². The maximum atomic E-state index is 9.11. The maximum absolute atomic E-state index is 9.11. The summed E-state index contributed by atoms with van der Waals surface area (Å²) in [6, 6.07) is 4.34. The molecule has 2 rings (SSSR count). The molecule has 1 aromatic rings. The third-order valence-electron chi connectivity index (χ3n) is 2.74. The molecule has 0 aromatic carbocycles. The Morgan fingerprint density at radius 3 is 2.86 bits per heavy atom. The van der Waals surface area contributed by atoms with Gasteiger partial charge in [-0.3, -0.25) is 0 Å². The summed E-state index contributed by atoms with van der Waals surface area (Å²) in [5.41, 5.74) is 0. The molecule has 1 saturated carbocycles. The molecule has 1 aliphatic carbocycles. The largest absolute Gasteiger partial charge is 0.393 e. The Balaban J connectivity index is 1.63. The van der Waals surface area contributed by atoms with Gasteiger partial charge in [0.2, 0.25) is 0 Å². The van der Waals surface area contributed by atoms with Crippen molar-refractivity contribution < 1.29 is 5.11 Å². The molecule has 1 aromatic heterocycles. The van der Waals surface area contributed by atoms with Crippen molar-refractivity contribution in [3.63, 3.8) is 0 Å². The van der Waals surface area contributed by atoms with Crippen molar-refractivity contribution in [1.29, 1.82) is 0 Å². The van der Waals surface area contributed by atoms with Gasteiger partial charge < -0.3 is 10.4 Å². The summed E-state index contributed by atoms with van der Waals surface area (Å²) in [6.07, 6.45) is 1.94. The van der Waals surface area contributed by atoms with Crippen LogP contribution >= 0.6 is 11.3 Å². The summed E-state index contributed by atoms with van der Waals surface area (Å²) < 4.78 is 0. The van der Waals surface area contributed by atoms with Crippen LogP contribution in [0.5, 0.6) is 0 Å². The standard InChI is InChI=1S/C11H17NOS/c1-8-2-3-11(14-8)7-12-6-9-4-10(13)5-9/h2-3,9-10,12-13H,4-7H2,1H3. The van der Waals surface area contributed by atoms with E-state index in [0.29, 0.717) is 5.92 Å². The molecule has 0 aliphatic heterocycles. The topological polar surface area (TPSA) is 32.3 Å². The molecule has 0 amide bonds. The highest BCUT2D eigenvalue weighted by Gasteiger charge is 2.26. The smallest absolute Gasteiger partial charge is 0.0546 e. The Kier molecular flexibility index (Phi) is 3.21. The summed E-state index contributed by atoms with van der Waals surface area (Å²) in [5, 5.41) is 12.5. The molecule has 2 N–H and O–H groups in total. The van der Waals surface area contributed by atoms with Crippen LogP contribution in [0.3, 0.4) is 0 Å². The molecule has 14 heavy (non-hydrogen) atoms. The van der Waals surface area contributed by atoms with Crippen LogP contribution in [0.4, 0.5) is 0 Å². The van der Waals surface area contributed by atoms with Crippen LogP contribution in [-0.2, 0) is 6.54 Å². The fraction of sp³-hybridized carbons (Fsp3) is 0.636. The SMILES string of the molecule is Cc1ccc(CNCC2CC(O)C2)s1. The van der Waals surface area contributed by atoms with E-state index >= 15 is 0 Å². The van der Waals surface area contributed by atoms with Gasteiger partial charge in [-0.2, -0.15) is 0 Å². The van der Waals surface area contributed by atoms with Crippen molar-refractivity contribution in [1.82, 2.24) is 5.32 Å². The Hall–Kier alpha value is -0.380. The molecule has 1 heterocycles. The number of hydrogen-bond donors (Lipinski definition) is 2. The van der Waals surface area contributed by atoms with Crippen LogP contribution in [0.15, 0.2) is 12.1 Å². The van der Waals surface area contributed by atoms with Gasteiger partial charge in [0, 0.05) is 16.3 Å². The molecule has 0 radical (unpaired) electrons. The van der Waals surface area contributed by atoms with Crippen LogP contribution in [-0.4, -0.2) is 17.8 Å². The molecular weight excluding hydrogens is 194 g/mol. The monoisotopic (exact) mass is 211 g/mol. The number of thiophene rings is 1. The van der Waals surface area contributed by atoms with Crippen LogP contribution < -0.4 is 5.32 Å². The van der Waals surface area contributed by atoms with Crippen LogP contribution in [0.2, 0.25) is 0 Å². The van der Waals surface area contributed by atoms with E-state index in [-0.39, 0.29) is 6.10 Å². The van der Waals surface area contributed by atoms with Crippen LogP contribution in [0.25, 0.3) is 0 Å². The van der Waals surface area contributed by atoms with Gasteiger partial charge >= 0.3 is 0 Å². The van der Waals surface area contributed by atoms with E-state index < -0.39 is 0 Å². The zero-order valence-corrected chi connectivity index (χ0v) is 9.31. The Morgan fingerprint density at radius 1 is 1.50 bits per heavy atom. The lowest BCUT2D eigenvalue weighted by molar-refractivity contribution is 0.0430. The Bertz CT molecular complexity index is 291. The van der Waals surface area contributed by atoms with Crippen molar-refractivity contribution in [3.05, 3.63) is 21.9 Å². The lowest BCUT2D eigenvalue weighted by Gasteiger charge is -2.31. The second-order valence-electron chi connectivity index (χ2n) is 4.13. The number of aliphatic hydroxyl groups excluding tert-OH is 1. The summed E-state index contributed by atoms with van der Waals surface area (Å²) in [6.45, 7) is 4.16. The average molecular weight is 211 g/mol. The number of rotatable bonds is 4. The minimum absolute atomic E-state index is 0.0224. The predicted octanol–water partition coefficient (Wildman–Crippen LogP) is 1.92. The third-order valence-corrected chi connectivity index (χ3v) is 3.74. The highest BCUT2D eigenvalue weighted by atomic mass is 32.1. The molecule has 3 heteroatoms. The summed E-state index contributed by atoms with van der Waals surface area (Å²) in [4.78, 5) is 2.78. The van der Waals surface area contributed by atoms with Gasteiger partial charge in [0.05, 0.1) is 6.10 Å². The molecule has 0 atom stereocenters. The Morgan fingerprint density at radius 2 is 2.29 bits per heavy atom. The van der Waals surface area contributed by atoms with Gasteiger partial charge in [-0.25, -0.2) is 0 Å². The zero-order valence-electron chi connectivity index (χ0n) is 8.49. The summed E-state index contributed by atoms with van der Waals surface area (Å²) in [7, 11) is 0. The first kappa shape index (κ1) is 10.1. The van der Waals surface area contributed by atoms with Crippen molar-refractivity contribution in [2.75, 3.05) is 6.54 Å². The molecule has 2 nitrogen and oxygen atoms in total. The van der Waals surface area contributed by atoms with Gasteiger partial charge in [-0.1, -0.05) is 0 Å². The number of aryl methyl sites for hydroxylation is 1. The molecular formula is C11H17NOS. The van der Waals surface area contributed by atoms with Crippen molar-refractivity contribution in [3.8, 4) is 0 Å². The van der Waals surface area contributed by atoms with Gasteiger partial charge in [-0.05, 0) is 44.4 Å². The van der Waals surface area contributed by atoms with E-state index in [9.17, 15) is 0 Å². The number of aliphatic hydroxyl groups is 1. The molecule has 1 aliphatic rings. The fourth-order valence-electron chi connectivity index (χ4n) is 1.85. The summed E-state index contributed by atoms with van der Waals surface area (Å²) >= 11 is 1.85. The highest BCUT2D eigenvalue weighted by molar-refractivity contribution is 7.11. The lowest BCUT2D eigenvalue weighted by Crippen LogP contribution is -2.35. The quantitative estimate of drug-likeness (QED) is 0.797. The highest BCUT2D eigenvalue weighted by Crippen LogP contribution is 2.26. The molecule has 1 fully saturated rings. The van der Waals surface area contributed by atoms with E-state index in [1.54, 1.807) is 0 Å². The van der Waals surface area contributed by atoms with Crippen LogP contribution in [0.1, 0.15) is 22.6 Å². The molecule has 0 spiro atoms. The second-order valence-corrected chi connectivity index (χ2v) is 5.51. The maximum Gasteiger partial charge on any atom is 0.0546 e. The minimum Gasteiger partial charge on any atom is -0.393 e. The fourth-order valence-corrected chi connectivity index (χ4v) is 2.71. The van der Waals surface area contributed by atoms with Crippen molar-refractivity contribution in [2.45, 2.75) is 32.4 Å². The van der Waals surface area contributed by atoms with Gasteiger partial charge in [-0.15, -0.1) is 11.3 Å². The summed E-state index contributed by atoms with van der Waals surface area (Å²) in [5.74, 6) is 0.700. The molecule has 0 saturated heterocycles. The van der Waals surface area contributed by atoms with E-state index in [2.05, 4.69) is 24.4 Å². The first-order chi connectivity index (χ1) is 6.74. The van der Waals surface area contributed by atoms with E-state index in [1.165, 1.54) is 9.75 Å². The van der Waals surface area contributed by atoms with E-state index in [4.69, 9.17) is 5.11 Å². The van der Waals surface area contributed by atoms with E-state index in [1.807, 2.05) is 11.3 Å². The normalized spacial score (nSPS) is 26.1. The van der Waals surface area contributed by atoms with Gasteiger partial charge in [0.25, 0.3) is 0 Å². The average Bonchev–Trinajstić information content (AvgIpc) is 2.48. The zero-order chi connectivity index (χ0) is 9.97. The number of hydrogen-bond acceptors (Lipinski definition) is 3. The third kappa shape index (κ3) is 2.56. The predicted molar refractivity (Wildman–Crippen MR) is 59.5 cm³/mol. The number of nitrogens with one attached hydrogen (secondary N) is 1. The first-order valence-corrected chi connectivity index (χ1v) is 6.00. The van der Waals surface area contributed by atoms with Gasteiger partial charge in [0.15, 0.2) is 0 Å². The Labute approximate surface area is 89.0 Å². The second kappa shape index (κ2) is 4.43. The van der Waals surface area contributed by atoms with Crippen molar-refractivity contribution in [2.24, 2.45) is 5.92 Å². The lowest BCUT2D eigenvalue weighted by atomic mass is 9.82. The van der Waals surface area contributed by atoms with Crippen molar-refractivity contribution >= 4 is 11.3 Å². The molecule has 0 bridgehead atoms. The molecule has 0 unspecified atom stereocenters. The van der Waals surface area contributed by atoms with Crippen LogP contribution in [0, 0.1) is 12.8 Å². The van der Waals surface area contributed by atoms with E-state index in [0.717, 1.165) is 25.9 Å². The first-order valence-electron chi connectivity index (χ1n) is 5.18. The minimum atomic E-state index is -0.0224. The molecule has 78 valence electrons.